The molecule has 2 fully saturated rings. The summed E-state index contributed by atoms with van der Waals surface area (Å²) in [6.45, 7) is 11.0. The number of rotatable bonds is 5. The van der Waals surface area contributed by atoms with Crippen LogP contribution in [0.3, 0.4) is 0 Å². The van der Waals surface area contributed by atoms with Gasteiger partial charge < -0.3 is 19.3 Å². The molecule has 0 saturated carbocycles. The molecule has 7 nitrogen and oxygen atoms in total. The van der Waals surface area contributed by atoms with Crippen molar-refractivity contribution >= 4 is 17.6 Å². The van der Waals surface area contributed by atoms with Gasteiger partial charge in [-0.25, -0.2) is 9.97 Å². The number of hydrogen-bond acceptors (Lipinski definition) is 7. The molecule has 0 radical (unpaired) electrons. The van der Waals surface area contributed by atoms with E-state index < -0.39 is 5.41 Å². The van der Waals surface area contributed by atoms with Gasteiger partial charge in [0, 0.05) is 32.2 Å². The molecule has 2 aliphatic rings. The fourth-order valence-electron chi connectivity index (χ4n) is 3.65. The summed E-state index contributed by atoms with van der Waals surface area (Å²) in [7, 11) is 0. The molecule has 0 spiro atoms. The normalized spacial score (nSPS) is 24.0. The number of esters is 1. The highest BCUT2D eigenvalue weighted by Crippen LogP contribution is 2.40. The molecule has 3 rings (SSSR count). The van der Waals surface area contributed by atoms with Crippen LogP contribution in [-0.2, 0) is 14.3 Å². The third-order valence-corrected chi connectivity index (χ3v) is 5.39. The molecular weight excluding hydrogens is 320 g/mol. The molecular formula is C18H28N4O3. The van der Waals surface area contributed by atoms with Crippen molar-refractivity contribution in [2.45, 2.75) is 27.2 Å². The number of carbonyl (C=O) groups excluding carboxylic acids is 1. The number of nitrogens with zero attached hydrogens (tertiary/aromatic N) is 4. The summed E-state index contributed by atoms with van der Waals surface area (Å²) in [5.74, 6) is 1.93. The van der Waals surface area contributed by atoms with Gasteiger partial charge in [0.15, 0.2) is 0 Å². The van der Waals surface area contributed by atoms with Crippen molar-refractivity contribution in [2.75, 3.05) is 55.8 Å². The topological polar surface area (TPSA) is 67.8 Å². The standard InChI is InChI=1S/C18H28N4O3/c1-4-25-17(23)18(14(2)3)5-6-22(12-18)16-11-15(19-13-20-16)21-7-9-24-10-8-21/h11,13-14H,4-10,12H2,1-3H3. The van der Waals surface area contributed by atoms with Gasteiger partial charge in [0.05, 0.1) is 25.2 Å². The smallest absolute Gasteiger partial charge is 0.314 e. The molecule has 138 valence electrons. The van der Waals surface area contributed by atoms with Crippen LogP contribution in [0.15, 0.2) is 12.4 Å². The van der Waals surface area contributed by atoms with Crippen molar-refractivity contribution in [1.29, 1.82) is 0 Å². The fraction of sp³-hybridized carbons (Fsp3) is 0.722. The molecule has 0 aliphatic carbocycles. The first-order valence-corrected chi connectivity index (χ1v) is 9.13. The molecule has 25 heavy (non-hydrogen) atoms. The van der Waals surface area contributed by atoms with Gasteiger partial charge in [0.2, 0.25) is 0 Å². The molecule has 7 heteroatoms. The summed E-state index contributed by atoms with van der Waals surface area (Å²) in [6.07, 6.45) is 2.40. The Balaban J connectivity index is 1.77. The van der Waals surface area contributed by atoms with Crippen LogP contribution >= 0.6 is 0 Å². The van der Waals surface area contributed by atoms with Gasteiger partial charge in [0.1, 0.15) is 18.0 Å². The van der Waals surface area contributed by atoms with Gasteiger partial charge in [-0.05, 0) is 19.3 Å². The van der Waals surface area contributed by atoms with Crippen molar-refractivity contribution in [2.24, 2.45) is 11.3 Å². The predicted molar refractivity (Wildman–Crippen MR) is 95.8 cm³/mol. The number of ether oxygens (including phenoxy) is 2. The fourth-order valence-corrected chi connectivity index (χ4v) is 3.65. The highest BCUT2D eigenvalue weighted by Gasteiger charge is 2.48. The Labute approximate surface area is 149 Å². The van der Waals surface area contributed by atoms with E-state index in [1.807, 2.05) is 13.0 Å². The monoisotopic (exact) mass is 348 g/mol. The SMILES string of the molecule is CCOC(=O)C1(C(C)C)CCN(c2cc(N3CCOCC3)ncn2)C1. The molecule has 2 saturated heterocycles. The molecule has 2 aliphatic heterocycles. The van der Waals surface area contributed by atoms with Crippen LogP contribution in [0, 0.1) is 11.3 Å². The lowest BCUT2D eigenvalue weighted by Crippen LogP contribution is -2.41. The number of aromatic nitrogens is 2. The van der Waals surface area contributed by atoms with Crippen LogP contribution < -0.4 is 9.80 Å². The summed E-state index contributed by atoms with van der Waals surface area (Å²) in [4.78, 5) is 25.9. The first kappa shape index (κ1) is 17.9. The largest absolute Gasteiger partial charge is 0.466 e. The Hall–Kier alpha value is -1.89. The highest BCUT2D eigenvalue weighted by molar-refractivity contribution is 5.79. The lowest BCUT2D eigenvalue weighted by Gasteiger charge is -2.31. The molecule has 0 amide bonds. The van der Waals surface area contributed by atoms with Crippen LogP contribution in [-0.4, -0.2) is 61.9 Å². The summed E-state index contributed by atoms with van der Waals surface area (Å²) in [6, 6.07) is 2.02. The second-order valence-corrected chi connectivity index (χ2v) is 7.04. The summed E-state index contributed by atoms with van der Waals surface area (Å²) < 4.78 is 10.8. The molecule has 1 aromatic rings. The van der Waals surface area contributed by atoms with Crippen LogP contribution in [0.2, 0.25) is 0 Å². The minimum Gasteiger partial charge on any atom is -0.466 e. The number of hydrogen-bond donors (Lipinski definition) is 0. The number of morpholine rings is 1. The molecule has 0 bridgehead atoms. The van der Waals surface area contributed by atoms with Crippen LogP contribution in [0.1, 0.15) is 27.2 Å². The van der Waals surface area contributed by atoms with Gasteiger partial charge in [0.25, 0.3) is 0 Å². The van der Waals surface area contributed by atoms with E-state index in [0.29, 0.717) is 13.2 Å². The zero-order chi connectivity index (χ0) is 17.9. The van der Waals surface area contributed by atoms with E-state index >= 15 is 0 Å². The van der Waals surface area contributed by atoms with Gasteiger partial charge >= 0.3 is 5.97 Å². The minimum atomic E-state index is -0.458. The Bertz CT molecular complexity index is 604. The third kappa shape index (κ3) is 3.56. The van der Waals surface area contributed by atoms with E-state index in [2.05, 4.69) is 33.6 Å². The van der Waals surface area contributed by atoms with E-state index in [0.717, 1.165) is 50.9 Å². The quantitative estimate of drug-likeness (QED) is 0.751. The van der Waals surface area contributed by atoms with Gasteiger partial charge in [-0.3, -0.25) is 4.79 Å². The number of anilines is 2. The first-order valence-electron chi connectivity index (χ1n) is 9.13. The van der Waals surface area contributed by atoms with Gasteiger partial charge in [-0.2, -0.15) is 0 Å². The Morgan fingerprint density at radius 1 is 1.24 bits per heavy atom. The second kappa shape index (κ2) is 7.56. The summed E-state index contributed by atoms with van der Waals surface area (Å²) >= 11 is 0. The molecule has 3 heterocycles. The van der Waals surface area contributed by atoms with Crippen molar-refractivity contribution < 1.29 is 14.3 Å². The molecule has 0 N–H and O–H groups in total. The zero-order valence-corrected chi connectivity index (χ0v) is 15.4. The van der Waals surface area contributed by atoms with E-state index in [9.17, 15) is 4.79 Å². The molecule has 1 aromatic heterocycles. The van der Waals surface area contributed by atoms with Gasteiger partial charge in [-0.15, -0.1) is 0 Å². The Morgan fingerprint density at radius 2 is 1.92 bits per heavy atom. The van der Waals surface area contributed by atoms with E-state index in [4.69, 9.17) is 9.47 Å². The lowest BCUT2D eigenvalue weighted by molar-refractivity contribution is -0.156. The van der Waals surface area contributed by atoms with Gasteiger partial charge in [-0.1, -0.05) is 13.8 Å². The van der Waals surface area contributed by atoms with E-state index in [1.54, 1.807) is 6.33 Å². The van der Waals surface area contributed by atoms with Crippen molar-refractivity contribution in [3.8, 4) is 0 Å². The highest BCUT2D eigenvalue weighted by atomic mass is 16.5. The number of carbonyl (C=O) groups is 1. The maximum atomic E-state index is 12.6. The zero-order valence-electron chi connectivity index (χ0n) is 15.4. The van der Waals surface area contributed by atoms with Crippen LogP contribution in [0.4, 0.5) is 11.6 Å². The van der Waals surface area contributed by atoms with E-state index in [-0.39, 0.29) is 11.9 Å². The van der Waals surface area contributed by atoms with Crippen LogP contribution in [0.25, 0.3) is 0 Å². The average Bonchev–Trinajstić information content (AvgIpc) is 3.10. The summed E-state index contributed by atoms with van der Waals surface area (Å²) in [5.41, 5.74) is -0.458. The van der Waals surface area contributed by atoms with Crippen molar-refractivity contribution in [3.05, 3.63) is 12.4 Å². The van der Waals surface area contributed by atoms with Crippen LogP contribution in [0.5, 0.6) is 0 Å². The van der Waals surface area contributed by atoms with Crippen molar-refractivity contribution in [1.82, 2.24) is 9.97 Å². The molecule has 0 aromatic carbocycles. The third-order valence-electron chi connectivity index (χ3n) is 5.39. The predicted octanol–water partition coefficient (Wildman–Crippen LogP) is 1.73. The minimum absolute atomic E-state index is 0.0880. The molecule has 1 unspecified atom stereocenters. The Morgan fingerprint density at radius 3 is 2.56 bits per heavy atom. The second-order valence-electron chi connectivity index (χ2n) is 7.04. The maximum Gasteiger partial charge on any atom is 0.314 e. The average molecular weight is 348 g/mol. The van der Waals surface area contributed by atoms with E-state index in [1.165, 1.54) is 0 Å². The summed E-state index contributed by atoms with van der Waals surface area (Å²) in [5, 5.41) is 0. The Kier molecular flexibility index (Phi) is 5.42. The molecule has 1 atom stereocenters. The van der Waals surface area contributed by atoms with Crippen molar-refractivity contribution in [3.63, 3.8) is 0 Å². The maximum absolute atomic E-state index is 12.6. The first-order chi connectivity index (χ1) is 12.1. The lowest BCUT2D eigenvalue weighted by atomic mass is 9.76.